The number of hydrogen-bond donors (Lipinski definition) is 1. The zero-order chi connectivity index (χ0) is 15.8. The van der Waals surface area contributed by atoms with Crippen molar-refractivity contribution in [3.8, 4) is 0 Å². The Labute approximate surface area is 138 Å². The highest BCUT2D eigenvalue weighted by atomic mass is 32.2. The Morgan fingerprint density at radius 1 is 1.27 bits per heavy atom. The number of carbonyl (C=O) groups is 1. The molecule has 1 aromatic carbocycles. The van der Waals surface area contributed by atoms with E-state index in [-0.39, 0.29) is 5.91 Å². The maximum Gasteiger partial charge on any atom is 0.220 e. The highest BCUT2D eigenvalue weighted by molar-refractivity contribution is 7.98. The molecule has 0 atom stereocenters. The summed E-state index contributed by atoms with van der Waals surface area (Å²) in [6.07, 6.45) is 3.02. The third-order valence-corrected chi connectivity index (χ3v) is 5.30. The van der Waals surface area contributed by atoms with E-state index in [1.54, 1.807) is 0 Å². The molecule has 3 nitrogen and oxygen atoms in total. The average molecular weight is 321 g/mol. The van der Waals surface area contributed by atoms with E-state index in [1.807, 2.05) is 11.8 Å². The van der Waals surface area contributed by atoms with Gasteiger partial charge in [-0.3, -0.25) is 4.79 Å². The molecule has 22 heavy (non-hydrogen) atoms. The third kappa shape index (κ3) is 6.41. The lowest BCUT2D eigenvalue weighted by Crippen LogP contribution is -2.34. The minimum atomic E-state index is 0.227. The molecular weight excluding hydrogens is 292 g/mol. The number of benzene rings is 1. The first-order chi connectivity index (χ1) is 10.6. The lowest BCUT2D eigenvalue weighted by molar-refractivity contribution is -0.122. The fraction of sp³-hybridized carbons (Fsp3) is 0.611. The lowest BCUT2D eigenvalue weighted by Gasteiger charge is -2.28. The number of amides is 1. The summed E-state index contributed by atoms with van der Waals surface area (Å²) in [5.74, 6) is 2.81. The topological polar surface area (TPSA) is 32.3 Å². The van der Waals surface area contributed by atoms with E-state index in [2.05, 4.69) is 48.5 Å². The molecule has 0 aliphatic carbocycles. The average Bonchev–Trinajstić information content (AvgIpc) is 2.51. The zero-order valence-electron chi connectivity index (χ0n) is 13.8. The van der Waals surface area contributed by atoms with Crippen molar-refractivity contribution < 1.29 is 4.79 Å². The van der Waals surface area contributed by atoms with Crippen LogP contribution in [0, 0.1) is 12.8 Å². The predicted molar refractivity (Wildman–Crippen MR) is 95.2 cm³/mol. The molecule has 1 heterocycles. The molecule has 0 aromatic heterocycles. The van der Waals surface area contributed by atoms with E-state index in [0.29, 0.717) is 12.3 Å². The summed E-state index contributed by atoms with van der Waals surface area (Å²) in [6.45, 7) is 5.15. The van der Waals surface area contributed by atoms with E-state index in [9.17, 15) is 4.79 Å². The van der Waals surface area contributed by atoms with Gasteiger partial charge in [0, 0.05) is 24.5 Å². The molecule has 1 aliphatic rings. The first-order valence-corrected chi connectivity index (χ1v) is 9.37. The van der Waals surface area contributed by atoms with Crippen molar-refractivity contribution in [1.29, 1.82) is 0 Å². The Hall–Kier alpha value is -1.00. The van der Waals surface area contributed by atoms with Gasteiger partial charge in [0.15, 0.2) is 0 Å². The van der Waals surface area contributed by atoms with E-state index < -0.39 is 0 Å². The molecule has 122 valence electrons. The predicted octanol–water partition coefficient (Wildman–Crippen LogP) is 3.08. The van der Waals surface area contributed by atoms with Crippen LogP contribution in [0.1, 0.15) is 30.4 Å². The molecule has 1 amide bonds. The fourth-order valence-corrected chi connectivity index (χ4v) is 3.56. The first kappa shape index (κ1) is 17.4. The van der Waals surface area contributed by atoms with Crippen molar-refractivity contribution >= 4 is 17.7 Å². The highest BCUT2D eigenvalue weighted by Crippen LogP contribution is 2.19. The summed E-state index contributed by atoms with van der Waals surface area (Å²) in [7, 11) is 2.15. The zero-order valence-corrected chi connectivity index (χ0v) is 14.6. The van der Waals surface area contributed by atoms with E-state index in [0.717, 1.165) is 44.0 Å². The Bertz CT molecular complexity index is 453. The minimum absolute atomic E-state index is 0.227. The van der Waals surface area contributed by atoms with Crippen LogP contribution < -0.4 is 5.32 Å². The normalized spacial score (nSPS) is 16.6. The number of nitrogens with zero attached hydrogens (tertiary/aromatic N) is 1. The smallest absolute Gasteiger partial charge is 0.220 e. The van der Waals surface area contributed by atoms with Gasteiger partial charge in [0.1, 0.15) is 0 Å². The second-order valence-electron chi connectivity index (χ2n) is 6.34. The molecule has 1 fully saturated rings. The van der Waals surface area contributed by atoms with Gasteiger partial charge < -0.3 is 10.2 Å². The van der Waals surface area contributed by atoms with Gasteiger partial charge in [-0.1, -0.05) is 29.8 Å². The van der Waals surface area contributed by atoms with Crippen molar-refractivity contribution in [3.05, 3.63) is 35.4 Å². The fourth-order valence-electron chi connectivity index (χ4n) is 2.74. The molecule has 1 N–H and O–H groups in total. The number of nitrogens with one attached hydrogen (secondary N) is 1. The van der Waals surface area contributed by atoms with Crippen LogP contribution in [0.25, 0.3) is 0 Å². The van der Waals surface area contributed by atoms with Gasteiger partial charge in [-0.15, -0.1) is 0 Å². The second kappa shape index (κ2) is 9.21. The number of rotatable bonds is 7. The van der Waals surface area contributed by atoms with Crippen LogP contribution in [-0.2, 0) is 10.5 Å². The van der Waals surface area contributed by atoms with E-state index in [1.165, 1.54) is 11.1 Å². The summed E-state index contributed by atoms with van der Waals surface area (Å²) in [5, 5.41) is 3.06. The van der Waals surface area contributed by atoms with Gasteiger partial charge in [0.05, 0.1) is 0 Å². The molecule has 1 aliphatic heterocycles. The first-order valence-electron chi connectivity index (χ1n) is 8.22. The van der Waals surface area contributed by atoms with Crippen LogP contribution >= 0.6 is 11.8 Å². The van der Waals surface area contributed by atoms with Crippen molar-refractivity contribution in [3.63, 3.8) is 0 Å². The Kier molecular flexibility index (Phi) is 7.26. The summed E-state index contributed by atoms with van der Waals surface area (Å²) < 4.78 is 0. The van der Waals surface area contributed by atoms with Crippen LogP contribution in [0.15, 0.2) is 24.3 Å². The van der Waals surface area contributed by atoms with Crippen LogP contribution in [0.2, 0.25) is 0 Å². The largest absolute Gasteiger partial charge is 0.355 e. The lowest BCUT2D eigenvalue weighted by atomic mass is 9.93. The Morgan fingerprint density at radius 2 is 1.95 bits per heavy atom. The summed E-state index contributed by atoms with van der Waals surface area (Å²) in [6, 6.07) is 8.67. The molecular formula is C18H28N2OS. The van der Waals surface area contributed by atoms with Gasteiger partial charge in [0.2, 0.25) is 5.91 Å². The summed E-state index contributed by atoms with van der Waals surface area (Å²) >= 11 is 1.88. The molecule has 2 rings (SSSR count). The highest BCUT2D eigenvalue weighted by Gasteiger charge is 2.19. The molecule has 1 saturated heterocycles. The van der Waals surface area contributed by atoms with Gasteiger partial charge >= 0.3 is 0 Å². The van der Waals surface area contributed by atoms with E-state index in [4.69, 9.17) is 0 Å². The van der Waals surface area contributed by atoms with Gasteiger partial charge in [-0.2, -0.15) is 11.8 Å². The SMILES string of the molecule is Cc1ccc(CSCCNC(=O)CC2CCN(C)CC2)cc1. The van der Waals surface area contributed by atoms with Gasteiger partial charge in [-0.05, 0) is 51.4 Å². The van der Waals surface area contributed by atoms with Crippen molar-refractivity contribution in [1.82, 2.24) is 10.2 Å². The van der Waals surface area contributed by atoms with Gasteiger partial charge in [-0.25, -0.2) is 0 Å². The maximum atomic E-state index is 11.9. The van der Waals surface area contributed by atoms with E-state index >= 15 is 0 Å². The molecule has 0 unspecified atom stereocenters. The number of hydrogen-bond acceptors (Lipinski definition) is 3. The number of aryl methyl sites for hydroxylation is 1. The third-order valence-electron chi connectivity index (χ3n) is 4.27. The molecule has 1 aromatic rings. The standard InChI is InChI=1S/C18H28N2OS/c1-15-3-5-17(6-4-15)14-22-12-9-19-18(21)13-16-7-10-20(2)11-8-16/h3-6,16H,7-14H2,1-2H3,(H,19,21). The van der Waals surface area contributed by atoms with Crippen molar-refractivity contribution in [2.45, 2.75) is 31.9 Å². The van der Waals surface area contributed by atoms with Crippen molar-refractivity contribution in [2.75, 3.05) is 32.4 Å². The number of carbonyl (C=O) groups excluding carboxylic acids is 1. The van der Waals surface area contributed by atoms with Crippen LogP contribution in [0.3, 0.4) is 0 Å². The van der Waals surface area contributed by atoms with Crippen molar-refractivity contribution in [2.24, 2.45) is 5.92 Å². The van der Waals surface area contributed by atoms with Crippen LogP contribution in [0.4, 0.5) is 0 Å². The Morgan fingerprint density at radius 3 is 2.64 bits per heavy atom. The second-order valence-corrected chi connectivity index (χ2v) is 7.44. The maximum absolute atomic E-state index is 11.9. The van der Waals surface area contributed by atoms with Crippen LogP contribution in [-0.4, -0.2) is 43.2 Å². The number of likely N-dealkylation sites (tertiary alicyclic amines) is 1. The Balaban J connectivity index is 1.52. The number of thioether (sulfide) groups is 1. The molecule has 0 bridgehead atoms. The van der Waals surface area contributed by atoms with Gasteiger partial charge in [0.25, 0.3) is 0 Å². The quantitative estimate of drug-likeness (QED) is 0.784. The minimum Gasteiger partial charge on any atom is -0.355 e. The monoisotopic (exact) mass is 320 g/mol. The summed E-state index contributed by atoms with van der Waals surface area (Å²) in [5.41, 5.74) is 2.66. The molecule has 0 radical (unpaired) electrons. The number of piperidine rings is 1. The summed E-state index contributed by atoms with van der Waals surface area (Å²) in [4.78, 5) is 14.3. The molecule has 0 saturated carbocycles. The molecule has 4 heteroatoms. The van der Waals surface area contributed by atoms with Crippen LogP contribution in [0.5, 0.6) is 0 Å². The molecule has 0 spiro atoms.